The molecular weight excluding hydrogens is 508 g/mol. The van der Waals surface area contributed by atoms with E-state index in [2.05, 4.69) is 129 Å². The Morgan fingerprint density at radius 3 is 1.93 bits per heavy atom. The molecule has 0 radical (unpaired) electrons. The number of fused-ring (bicyclic) bond motifs is 8. The summed E-state index contributed by atoms with van der Waals surface area (Å²) in [5.41, 5.74) is 13.2. The Bertz CT molecular complexity index is 2240. The Balaban J connectivity index is 1.32. The molecule has 1 aromatic heterocycles. The predicted octanol–water partition coefficient (Wildman–Crippen LogP) is 8.89. The zero-order valence-electron chi connectivity index (χ0n) is 24.0. The lowest BCUT2D eigenvalue weighted by Gasteiger charge is -2.37. The van der Waals surface area contributed by atoms with Crippen LogP contribution in [0.4, 0.5) is 0 Å². The van der Waals surface area contributed by atoms with Gasteiger partial charge in [-0.05, 0) is 104 Å². The minimum absolute atomic E-state index is 0.0113. The van der Waals surface area contributed by atoms with Crippen LogP contribution in [0.2, 0.25) is 0 Å². The molecule has 5 aromatic carbocycles. The molecule has 0 N–H and O–H groups in total. The molecule has 9 rings (SSSR count). The van der Waals surface area contributed by atoms with E-state index in [0.29, 0.717) is 11.8 Å². The largest absolute Gasteiger partial charge is 0.456 e. The third-order valence-corrected chi connectivity index (χ3v) is 10.3. The van der Waals surface area contributed by atoms with Crippen LogP contribution >= 0.6 is 0 Å². The SMILES string of the molecule is CC1(C)c2ccccc2-c2ccc(C3=c4ccccc4=C(c4ccc5oc6ccccc6c5c4)C4CC=CCC34)cc21. The Kier molecular flexibility index (Phi) is 4.97. The molecule has 2 unspecified atom stereocenters. The van der Waals surface area contributed by atoms with Crippen LogP contribution in [-0.2, 0) is 5.41 Å². The highest BCUT2D eigenvalue weighted by Gasteiger charge is 2.38. The Labute approximate surface area is 246 Å². The lowest BCUT2D eigenvalue weighted by Crippen LogP contribution is -2.41. The highest BCUT2D eigenvalue weighted by molar-refractivity contribution is 6.06. The fourth-order valence-electron chi connectivity index (χ4n) is 8.31. The van der Waals surface area contributed by atoms with Crippen molar-refractivity contribution < 1.29 is 4.42 Å². The van der Waals surface area contributed by atoms with E-state index in [4.69, 9.17) is 4.42 Å². The predicted molar refractivity (Wildman–Crippen MR) is 174 cm³/mol. The summed E-state index contributed by atoms with van der Waals surface area (Å²) in [5.74, 6) is 0.857. The highest BCUT2D eigenvalue weighted by atomic mass is 16.3. The van der Waals surface area contributed by atoms with Gasteiger partial charge in [0.15, 0.2) is 0 Å². The van der Waals surface area contributed by atoms with Crippen LogP contribution in [0, 0.1) is 11.8 Å². The molecule has 2 atom stereocenters. The molecule has 3 aliphatic rings. The first-order chi connectivity index (χ1) is 20.6. The maximum absolute atomic E-state index is 6.20. The van der Waals surface area contributed by atoms with Gasteiger partial charge in [0.2, 0.25) is 0 Å². The topological polar surface area (TPSA) is 13.1 Å². The number of hydrogen-bond acceptors (Lipinski definition) is 1. The molecule has 1 heteroatoms. The Morgan fingerprint density at radius 2 is 1.14 bits per heavy atom. The minimum atomic E-state index is -0.0113. The molecule has 0 saturated heterocycles. The van der Waals surface area contributed by atoms with Crippen LogP contribution in [0.5, 0.6) is 0 Å². The van der Waals surface area contributed by atoms with Gasteiger partial charge in [0.25, 0.3) is 0 Å². The van der Waals surface area contributed by atoms with E-state index in [1.54, 1.807) is 0 Å². The molecular formula is C41H32O. The van der Waals surface area contributed by atoms with Crippen molar-refractivity contribution in [1.29, 1.82) is 0 Å². The Hall–Kier alpha value is -4.62. The maximum Gasteiger partial charge on any atom is 0.135 e. The Morgan fingerprint density at radius 1 is 0.548 bits per heavy atom. The smallest absolute Gasteiger partial charge is 0.135 e. The molecule has 6 aromatic rings. The van der Waals surface area contributed by atoms with E-state index in [1.165, 1.54) is 65.7 Å². The van der Waals surface area contributed by atoms with Gasteiger partial charge in [0.05, 0.1) is 0 Å². The van der Waals surface area contributed by atoms with Crippen LogP contribution in [0.15, 0.2) is 126 Å². The van der Waals surface area contributed by atoms with E-state index in [1.807, 2.05) is 6.07 Å². The fraction of sp³-hybridized carbons (Fsp3) is 0.171. The molecule has 1 nitrogen and oxygen atoms in total. The van der Waals surface area contributed by atoms with Crippen molar-refractivity contribution in [3.63, 3.8) is 0 Å². The average Bonchev–Trinajstić information content (AvgIpc) is 3.51. The van der Waals surface area contributed by atoms with E-state index >= 15 is 0 Å². The molecule has 42 heavy (non-hydrogen) atoms. The molecule has 3 aliphatic carbocycles. The van der Waals surface area contributed by atoms with Crippen LogP contribution in [-0.4, -0.2) is 0 Å². The molecule has 0 aliphatic heterocycles. The van der Waals surface area contributed by atoms with Crippen molar-refractivity contribution in [3.05, 3.63) is 154 Å². The van der Waals surface area contributed by atoms with Gasteiger partial charge in [-0.15, -0.1) is 0 Å². The van der Waals surface area contributed by atoms with Crippen LogP contribution in [0.1, 0.15) is 48.9 Å². The fourth-order valence-corrected chi connectivity index (χ4v) is 8.31. The summed E-state index contributed by atoms with van der Waals surface area (Å²) < 4.78 is 6.20. The molecule has 0 amide bonds. The van der Waals surface area contributed by atoms with E-state index in [-0.39, 0.29) is 5.41 Å². The van der Waals surface area contributed by atoms with Crippen LogP contribution < -0.4 is 10.4 Å². The minimum Gasteiger partial charge on any atom is -0.456 e. The number of furan rings is 1. The summed E-state index contributed by atoms with van der Waals surface area (Å²) in [4.78, 5) is 0. The summed E-state index contributed by atoms with van der Waals surface area (Å²) in [6.45, 7) is 4.77. The number of allylic oxidation sites excluding steroid dienone is 2. The van der Waals surface area contributed by atoms with E-state index < -0.39 is 0 Å². The zero-order valence-corrected chi connectivity index (χ0v) is 24.0. The monoisotopic (exact) mass is 540 g/mol. The van der Waals surface area contributed by atoms with Crippen molar-refractivity contribution in [3.8, 4) is 11.1 Å². The average molecular weight is 541 g/mol. The van der Waals surface area contributed by atoms with Gasteiger partial charge < -0.3 is 4.42 Å². The van der Waals surface area contributed by atoms with Crippen molar-refractivity contribution in [1.82, 2.24) is 0 Å². The molecule has 0 fully saturated rings. The number of benzene rings is 5. The summed E-state index contributed by atoms with van der Waals surface area (Å²) in [6.07, 6.45) is 6.94. The number of hydrogen-bond donors (Lipinski definition) is 0. The number of rotatable bonds is 2. The van der Waals surface area contributed by atoms with Crippen molar-refractivity contribution in [2.45, 2.75) is 32.1 Å². The third-order valence-electron chi connectivity index (χ3n) is 10.3. The summed E-state index contributed by atoms with van der Waals surface area (Å²) in [7, 11) is 0. The molecule has 0 spiro atoms. The van der Waals surface area contributed by atoms with Gasteiger partial charge in [-0.25, -0.2) is 0 Å². The van der Waals surface area contributed by atoms with Crippen molar-refractivity contribution >= 4 is 33.1 Å². The van der Waals surface area contributed by atoms with Gasteiger partial charge in [-0.3, -0.25) is 0 Å². The first-order valence-electron chi connectivity index (χ1n) is 15.2. The lowest BCUT2D eigenvalue weighted by molar-refractivity contribution is 0.483. The zero-order chi connectivity index (χ0) is 28.0. The van der Waals surface area contributed by atoms with E-state index in [9.17, 15) is 0 Å². The van der Waals surface area contributed by atoms with Gasteiger partial charge in [0, 0.05) is 16.2 Å². The summed E-state index contributed by atoms with van der Waals surface area (Å²) >= 11 is 0. The standard InChI is InChI=1S/C41H32O/c1-41(2)35-17-9-7-11-27(35)28-21-19-26(24-36(28)41)40-32-15-5-3-13-30(32)39(31-14-4-6-16-33(31)40)25-20-22-38-34(23-25)29-12-8-10-18-37(29)42-38/h3-13,15,17-24,31,33H,14,16H2,1-2H3. The van der Waals surface area contributed by atoms with E-state index in [0.717, 1.165) is 24.0 Å². The first-order valence-corrected chi connectivity index (χ1v) is 15.2. The van der Waals surface area contributed by atoms with Crippen molar-refractivity contribution in [2.24, 2.45) is 11.8 Å². The maximum atomic E-state index is 6.20. The van der Waals surface area contributed by atoms with Crippen LogP contribution in [0.3, 0.4) is 0 Å². The molecule has 1 heterocycles. The van der Waals surface area contributed by atoms with Crippen molar-refractivity contribution in [2.75, 3.05) is 0 Å². The second-order valence-corrected chi connectivity index (χ2v) is 12.8. The quantitative estimate of drug-likeness (QED) is 0.200. The third kappa shape index (κ3) is 3.25. The summed E-state index contributed by atoms with van der Waals surface area (Å²) in [6, 6.07) is 40.6. The number of para-hydroxylation sites is 1. The second-order valence-electron chi connectivity index (χ2n) is 12.8. The van der Waals surface area contributed by atoms with Gasteiger partial charge in [-0.2, -0.15) is 0 Å². The van der Waals surface area contributed by atoms with Gasteiger partial charge in [-0.1, -0.05) is 111 Å². The molecule has 0 bridgehead atoms. The van der Waals surface area contributed by atoms with Gasteiger partial charge >= 0.3 is 0 Å². The highest BCUT2D eigenvalue weighted by Crippen LogP contribution is 2.50. The first kappa shape index (κ1) is 24.0. The van der Waals surface area contributed by atoms with Crippen LogP contribution in [0.25, 0.3) is 44.2 Å². The summed E-state index contributed by atoms with van der Waals surface area (Å²) in [5, 5.41) is 5.15. The van der Waals surface area contributed by atoms with Gasteiger partial charge in [0.1, 0.15) is 11.2 Å². The second kappa shape index (κ2) is 8.69. The lowest BCUT2D eigenvalue weighted by atomic mass is 9.67. The molecule has 202 valence electrons. The molecule has 0 saturated carbocycles. The normalized spacial score (nSPS) is 20.0.